The molecule has 0 fully saturated rings. The number of aryl methyl sites for hydroxylation is 1. The molecule has 1 aromatic carbocycles. The maximum Gasteiger partial charge on any atom is 0.277 e. The van der Waals surface area contributed by atoms with Crippen molar-refractivity contribution < 1.29 is 9.53 Å². The van der Waals surface area contributed by atoms with E-state index in [1.807, 2.05) is 31.4 Å². The zero-order valence-corrected chi connectivity index (χ0v) is 13.3. The summed E-state index contributed by atoms with van der Waals surface area (Å²) in [6, 6.07) is 9.14. The van der Waals surface area contributed by atoms with Gasteiger partial charge in [0.2, 0.25) is 0 Å². The van der Waals surface area contributed by atoms with Crippen molar-refractivity contribution in [3.8, 4) is 5.75 Å². The molecule has 0 saturated heterocycles. The number of benzene rings is 1. The summed E-state index contributed by atoms with van der Waals surface area (Å²) in [7, 11) is 0. The number of ether oxygens (including phenoxy) is 1. The SMILES string of the molecule is C/C(=N\NC(=O)COc1ccc(Cl)c(C)c1)c1cccs1. The number of hydrogen-bond acceptors (Lipinski definition) is 4. The van der Waals surface area contributed by atoms with Gasteiger partial charge in [-0.05, 0) is 49.1 Å². The van der Waals surface area contributed by atoms with Gasteiger partial charge in [0, 0.05) is 9.90 Å². The summed E-state index contributed by atoms with van der Waals surface area (Å²) in [4.78, 5) is 12.7. The van der Waals surface area contributed by atoms with Crippen LogP contribution in [-0.2, 0) is 4.79 Å². The van der Waals surface area contributed by atoms with E-state index in [-0.39, 0.29) is 12.5 Å². The van der Waals surface area contributed by atoms with Crippen LogP contribution in [-0.4, -0.2) is 18.2 Å². The summed E-state index contributed by atoms with van der Waals surface area (Å²) in [6.07, 6.45) is 0. The van der Waals surface area contributed by atoms with Gasteiger partial charge in [-0.25, -0.2) is 5.43 Å². The highest BCUT2D eigenvalue weighted by molar-refractivity contribution is 7.12. The number of rotatable bonds is 5. The minimum atomic E-state index is -0.307. The second-order valence-corrected chi connectivity index (χ2v) is 5.76. The number of nitrogens with zero attached hydrogens (tertiary/aromatic N) is 1. The number of amides is 1. The quantitative estimate of drug-likeness (QED) is 0.675. The predicted molar refractivity (Wildman–Crippen MR) is 86.4 cm³/mol. The third-order valence-electron chi connectivity index (χ3n) is 2.73. The average Bonchev–Trinajstić information content (AvgIpc) is 3.00. The summed E-state index contributed by atoms with van der Waals surface area (Å²) in [5.41, 5.74) is 4.14. The van der Waals surface area contributed by atoms with E-state index in [4.69, 9.17) is 16.3 Å². The van der Waals surface area contributed by atoms with Gasteiger partial charge in [0.15, 0.2) is 6.61 Å². The number of hydrogen-bond donors (Lipinski definition) is 1. The molecule has 0 aliphatic rings. The number of halogens is 1. The molecule has 2 rings (SSSR count). The van der Waals surface area contributed by atoms with Gasteiger partial charge < -0.3 is 4.74 Å². The standard InChI is InChI=1S/C15H15ClN2O2S/c1-10-8-12(5-6-13(10)16)20-9-15(19)18-17-11(2)14-4-3-7-21-14/h3-8H,9H2,1-2H3,(H,18,19)/b17-11+. The lowest BCUT2D eigenvalue weighted by Crippen LogP contribution is -2.25. The molecule has 1 heterocycles. The molecule has 0 saturated carbocycles. The number of nitrogens with one attached hydrogen (secondary N) is 1. The molecule has 0 atom stereocenters. The van der Waals surface area contributed by atoms with E-state index in [1.165, 1.54) is 0 Å². The van der Waals surface area contributed by atoms with Crippen molar-refractivity contribution in [2.45, 2.75) is 13.8 Å². The number of carbonyl (C=O) groups excluding carboxylic acids is 1. The number of carbonyl (C=O) groups is 1. The maximum absolute atomic E-state index is 11.7. The first kappa shape index (κ1) is 15.5. The Kier molecular flexibility index (Phi) is 5.36. The Morgan fingerprint density at radius 1 is 1.43 bits per heavy atom. The molecule has 0 bridgehead atoms. The highest BCUT2D eigenvalue weighted by atomic mass is 35.5. The van der Waals surface area contributed by atoms with Crippen LogP contribution in [0.4, 0.5) is 0 Å². The molecule has 4 nitrogen and oxygen atoms in total. The van der Waals surface area contributed by atoms with Crippen LogP contribution in [0.15, 0.2) is 40.8 Å². The minimum Gasteiger partial charge on any atom is -0.484 e. The first-order chi connectivity index (χ1) is 10.1. The highest BCUT2D eigenvalue weighted by Crippen LogP contribution is 2.20. The zero-order chi connectivity index (χ0) is 15.2. The van der Waals surface area contributed by atoms with E-state index in [0.717, 1.165) is 16.2 Å². The molecule has 0 unspecified atom stereocenters. The van der Waals surface area contributed by atoms with Gasteiger partial charge in [-0.3, -0.25) is 4.79 Å². The Morgan fingerprint density at radius 3 is 2.90 bits per heavy atom. The van der Waals surface area contributed by atoms with Crippen molar-refractivity contribution in [2.75, 3.05) is 6.61 Å². The van der Waals surface area contributed by atoms with Crippen molar-refractivity contribution >= 4 is 34.6 Å². The number of hydrazone groups is 1. The Balaban J connectivity index is 1.85. The summed E-state index contributed by atoms with van der Waals surface area (Å²) in [6.45, 7) is 3.63. The molecule has 2 aromatic rings. The van der Waals surface area contributed by atoms with Gasteiger partial charge in [0.1, 0.15) is 5.75 Å². The summed E-state index contributed by atoms with van der Waals surface area (Å²) < 4.78 is 5.39. The van der Waals surface area contributed by atoms with Crippen LogP contribution in [0.25, 0.3) is 0 Å². The molecule has 21 heavy (non-hydrogen) atoms. The first-order valence-electron chi connectivity index (χ1n) is 6.32. The van der Waals surface area contributed by atoms with Crippen LogP contribution in [0.3, 0.4) is 0 Å². The Labute approximate surface area is 132 Å². The third kappa shape index (κ3) is 4.58. The molecule has 0 spiro atoms. The van der Waals surface area contributed by atoms with Gasteiger partial charge in [-0.2, -0.15) is 5.10 Å². The lowest BCUT2D eigenvalue weighted by atomic mass is 10.2. The highest BCUT2D eigenvalue weighted by Gasteiger charge is 2.04. The number of thiophene rings is 1. The van der Waals surface area contributed by atoms with Crippen molar-refractivity contribution in [1.82, 2.24) is 5.43 Å². The van der Waals surface area contributed by atoms with Crippen molar-refractivity contribution in [1.29, 1.82) is 0 Å². The van der Waals surface area contributed by atoms with Crippen LogP contribution in [0.1, 0.15) is 17.4 Å². The van der Waals surface area contributed by atoms with Crippen LogP contribution >= 0.6 is 22.9 Å². The van der Waals surface area contributed by atoms with Crippen molar-refractivity contribution in [3.05, 3.63) is 51.2 Å². The van der Waals surface area contributed by atoms with E-state index in [0.29, 0.717) is 10.8 Å². The molecule has 6 heteroatoms. The van der Waals surface area contributed by atoms with Crippen molar-refractivity contribution in [2.24, 2.45) is 5.10 Å². The van der Waals surface area contributed by atoms with E-state index < -0.39 is 0 Å². The smallest absolute Gasteiger partial charge is 0.277 e. The molecular weight excluding hydrogens is 308 g/mol. The van der Waals surface area contributed by atoms with Crippen LogP contribution in [0.5, 0.6) is 5.75 Å². The molecule has 0 aliphatic heterocycles. The summed E-state index contributed by atoms with van der Waals surface area (Å²) in [5, 5.41) is 6.67. The molecule has 1 amide bonds. The Bertz CT molecular complexity index is 654. The van der Waals surface area contributed by atoms with Gasteiger partial charge in [-0.1, -0.05) is 17.7 Å². The van der Waals surface area contributed by atoms with Gasteiger partial charge in [-0.15, -0.1) is 11.3 Å². The van der Waals surface area contributed by atoms with E-state index in [2.05, 4.69) is 10.5 Å². The molecular formula is C15H15ClN2O2S. The van der Waals surface area contributed by atoms with Gasteiger partial charge in [0.25, 0.3) is 5.91 Å². The molecule has 1 aromatic heterocycles. The predicted octanol–water partition coefficient (Wildman–Crippen LogP) is 3.63. The molecule has 110 valence electrons. The Hall–Kier alpha value is -1.85. The van der Waals surface area contributed by atoms with E-state index in [1.54, 1.807) is 29.5 Å². The average molecular weight is 323 g/mol. The lowest BCUT2D eigenvalue weighted by molar-refractivity contribution is -0.123. The Morgan fingerprint density at radius 2 is 2.24 bits per heavy atom. The van der Waals surface area contributed by atoms with E-state index >= 15 is 0 Å². The normalized spacial score (nSPS) is 11.3. The second kappa shape index (κ2) is 7.24. The third-order valence-corrected chi connectivity index (χ3v) is 4.13. The fourth-order valence-corrected chi connectivity index (χ4v) is 2.37. The topological polar surface area (TPSA) is 50.7 Å². The fourth-order valence-electron chi connectivity index (χ4n) is 1.57. The van der Waals surface area contributed by atoms with Gasteiger partial charge in [0.05, 0.1) is 5.71 Å². The fraction of sp³-hybridized carbons (Fsp3) is 0.200. The molecule has 0 aliphatic carbocycles. The summed E-state index contributed by atoms with van der Waals surface area (Å²) in [5.74, 6) is 0.296. The van der Waals surface area contributed by atoms with Crippen LogP contribution in [0, 0.1) is 6.92 Å². The summed E-state index contributed by atoms with van der Waals surface area (Å²) >= 11 is 7.50. The van der Waals surface area contributed by atoms with Gasteiger partial charge >= 0.3 is 0 Å². The first-order valence-corrected chi connectivity index (χ1v) is 7.58. The monoisotopic (exact) mass is 322 g/mol. The lowest BCUT2D eigenvalue weighted by Gasteiger charge is -2.07. The zero-order valence-electron chi connectivity index (χ0n) is 11.7. The molecule has 0 radical (unpaired) electrons. The van der Waals surface area contributed by atoms with Crippen molar-refractivity contribution in [3.63, 3.8) is 0 Å². The second-order valence-electron chi connectivity index (χ2n) is 4.41. The minimum absolute atomic E-state index is 0.0949. The molecule has 1 N–H and O–H groups in total. The van der Waals surface area contributed by atoms with Crippen LogP contribution < -0.4 is 10.2 Å². The largest absolute Gasteiger partial charge is 0.484 e. The van der Waals surface area contributed by atoms with Crippen LogP contribution in [0.2, 0.25) is 5.02 Å². The maximum atomic E-state index is 11.7. The van der Waals surface area contributed by atoms with E-state index in [9.17, 15) is 4.79 Å².